The van der Waals surface area contributed by atoms with E-state index >= 15 is 0 Å². The molecule has 1 aliphatic rings. The average Bonchev–Trinajstić information content (AvgIpc) is 3.10. The van der Waals surface area contributed by atoms with E-state index in [1.54, 1.807) is 0 Å². The highest BCUT2D eigenvalue weighted by Crippen LogP contribution is 2.26. The van der Waals surface area contributed by atoms with Gasteiger partial charge in [0.1, 0.15) is 0 Å². The Bertz CT molecular complexity index is 422. The van der Waals surface area contributed by atoms with Crippen LogP contribution in [-0.4, -0.2) is 27.6 Å². The SMILES string of the molecule is CCc1nn(CCC2CCCO2)c(CC)c1C(O)CC. The molecule has 1 saturated heterocycles. The fourth-order valence-corrected chi connectivity index (χ4v) is 3.11. The van der Waals surface area contributed by atoms with E-state index in [1.165, 1.54) is 18.5 Å². The molecule has 2 unspecified atom stereocenters. The number of aliphatic hydroxyl groups is 1. The van der Waals surface area contributed by atoms with Crippen LogP contribution in [0.15, 0.2) is 0 Å². The van der Waals surface area contributed by atoms with Crippen LogP contribution in [0, 0.1) is 0 Å². The van der Waals surface area contributed by atoms with Crippen molar-refractivity contribution in [1.82, 2.24) is 9.78 Å². The smallest absolute Gasteiger partial charge is 0.0823 e. The first kappa shape index (κ1) is 15.5. The number of hydrogen-bond donors (Lipinski definition) is 1. The molecule has 2 heterocycles. The highest BCUT2D eigenvalue weighted by molar-refractivity contribution is 5.29. The largest absolute Gasteiger partial charge is 0.388 e. The van der Waals surface area contributed by atoms with Crippen molar-refractivity contribution in [2.45, 2.75) is 78.0 Å². The summed E-state index contributed by atoms with van der Waals surface area (Å²) in [5, 5.41) is 15.0. The first-order valence-corrected chi connectivity index (χ1v) is 8.09. The van der Waals surface area contributed by atoms with Crippen molar-refractivity contribution in [2.24, 2.45) is 0 Å². The van der Waals surface area contributed by atoms with Gasteiger partial charge in [-0.2, -0.15) is 5.10 Å². The zero-order valence-corrected chi connectivity index (χ0v) is 13.1. The number of nitrogens with zero attached hydrogens (tertiary/aromatic N) is 2. The Morgan fingerprint density at radius 3 is 2.70 bits per heavy atom. The van der Waals surface area contributed by atoms with Gasteiger partial charge >= 0.3 is 0 Å². The topological polar surface area (TPSA) is 47.3 Å². The minimum Gasteiger partial charge on any atom is -0.388 e. The monoisotopic (exact) mass is 280 g/mol. The van der Waals surface area contributed by atoms with E-state index < -0.39 is 0 Å². The molecule has 1 aromatic rings. The van der Waals surface area contributed by atoms with Crippen molar-refractivity contribution in [3.63, 3.8) is 0 Å². The Morgan fingerprint density at radius 1 is 1.35 bits per heavy atom. The lowest BCUT2D eigenvalue weighted by Gasteiger charge is -2.13. The molecule has 20 heavy (non-hydrogen) atoms. The summed E-state index contributed by atoms with van der Waals surface area (Å²) in [5.74, 6) is 0. The van der Waals surface area contributed by atoms with Gasteiger partial charge in [-0.05, 0) is 38.5 Å². The van der Waals surface area contributed by atoms with Crippen LogP contribution in [0.25, 0.3) is 0 Å². The second-order valence-corrected chi connectivity index (χ2v) is 5.59. The number of ether oxygens (including phenoxy) is 1. The fraction of sp³-hybridized carbons (Fsp3) is 0.812. The summed E-state index contributed by atoms with van der Waals surface area (Å²) in [6.45, 7) is 8.08. The molecule has 1 fully saturated rings. The van der Waals surface area contributed by atoms with Gasteiger partial charge in [-0.15, -0.1) is 0 Å². The molecule has 0 saturated carbocycles. The zero-order chi connectivity index (χ0) is 14.5. The second-order valence-electron chi connectivity index (χ2n) is 5.59. The van der Waals surface area contributed by atoms with Crippen LogP contribution in [-0.2, 0) is 24.1 Å². The molecule has 0 aromatic carbocycles. The summed E-state index contributed by atoms with van der Waals surface area (Å²) >= 11 is 0. The van der Waals surface area contributed by atoms with Crippen LogP contribution in [0.4, 0.5) is 0 Å². The third kappa shape index (κ3) is 3.23. The van der Waals surface area contributed by atoms with Crippen molar-refractivity contribution < 1.29 is 9.84 Å². The van der Waals surface area contributed by atoms with Crippen molar-refractivity contribution >= 4 is 0 Å². The van der Waals surface area contributed by atoms with E-state index in [2.05, 4.69) is 18.5 Å². The maximum atomic E-state index is 10.3. The van der Waals surface area contributed by atoms with Crippen LogP contribution in [0.1, 0.15) is 69.5 Å². The van der Waals surface area contributed by atoms with Crippen molar-refractivity contribution in [1.29, 1.82) is 0 Å². The lowest BCUT2D eigenvalue weighted by Crippen LogP contribution is -2.13. The second kappa shape index (κ2) is 7.23. The average molecular weight is 280 g/mol. The van der Waals surface area contributed by atoms with E-state index in [4.69, 9.17) is 9.84 Å². The van der Waals surface area contributed by atoms with Gasteiger partial charge in [0.05, 0.1) is 17.9 Å². The number of aliphatic hydroxyl groups excluding tert-OH is 1. The summed E-state index contributed by atoms with van der Waals surface area (Å²) in [6.07, 6.45) is 5.96. The van der Waals surface area contributed by atoms with E-state index in [-0.39, 0.29) is 6.10 Å². The Hall–Kier alpha value is -0.870. The highest BCUT2D eigenvalue weighted by atomic mass is 16.5. The lowest BCUT2D eigenvalue weighted by molar-refractivity contribution is 0.0991. The lowest BCUT2D eigenvalue weighted by atomic mass is 10.0. The van der Waals surface area contributed by atoms with Gasteiger partial charge in [-0.1, -0.05) is 20.8 Å². The predicted octanol–water partition coefficient (Wildman–Crippen LogP) is 3.02. The molecule has 1 aromatic heterocycles. The summed E-state index contributed by atoms with van der Waals surface area (Å²) in [7, 11) is 0. The van der Waals surface area contributed by atoms with Crippen LogP contribution < -0.4 is 0 Å². The number of hydrogen-bond acceptors (Lipinski definition) is 3. The molecule has 114 valence electrons. The van der Waals surface area contributed by atoms with E-state index in [1.807, 2.05) is 6.92 Å². The molecule has 2 atom stereocenters. The minimum absolute atomic E-state index is 0.378. The number of rotatable bonds is 7. The quantitative estimate of drug-likeness (QED) is 0.835. The molecule has 0 spiro atoms. The molecule has 4 nitrogen and oxygen atoms in total. The summed E-state index contributed by atoms with van der Waals surface area (Å²) in [4.78, 5) is 0. The fourth-order valence-electron chi connectivity index (χ4n) is 3.11. The molecule has 1 aliphatic heterocycles. The maximum absolute atomic E-state index is 10.3. The molecule has 0 aliphatic carbocycles. The molecular formula is C16H28N2O2. The summed E-state index contributed by atoms with van der Waals surface area (Å²) in [5.41, 5.74) is 3.34. The first-order chi connectivity index (χ1) is 9.71. The molecule has 0 radical (unpaired) electrons. The van der Waals surface area contributed by atoms with Crippen LogP contribution in [0.3, 0.4) is 0 Å². The molecular weight excluding hydrogens is 252 g/mol. The Balaban J connectivity index is 2.16. The van der Waals surface area contributed by atoms with E-state index in [9.17, 15) is 5.11 Å². The zero-order valence-electron chi connectivity index (χ0n) is 13.1. The summed E-state index contributed by atoms with van der Waals surface area (Å²) < 4.78 is 7.80. The Kier molecular flexibility index (Phi) is 5.61. The van der Waals surface area contributed by atoms with E-state index in [0.29, 0.717) is 6.10 Å². The van der Waals surface area contributed by atoms with Gasteiger partial charge in [0.25, 0.3) is 0 Å². The van der Waals surface area contributed by atoms with Crippen molar-refractivity contribution in [2.75, 3.05) is 6.61 Å². The van der Waals surface area contributed by atoms with Crippen LogP contribution in [0.5, 0.6) is 0 Å². The first-order valence-electron chi connectivity index (χ1n) is 8.09. The third-order valence-corrected chi connectivity index (χ3v) is 4.25. The van der Waals surface area contributed by atoms with Crippen molar-refractivity contribution in [3.8, 4) is 0 Å². The van der Waals surface area contributed by atoms with Gasteiger partial charge < -0.3 is 9.84 Å². The third-order valence-electron chi connectivity index (χ3n) is 4.25. The normalized spacial score (nSPS) is 20.5. The minimum atomic E-state index is -0.378. The van der Waals surface area contributed by atoms with Gasteiger partial charge in [-0.25, -0.2) is 0 Å². The van der Waals surface area contributed by atoms with Crippen molar-refractivity contribution in [3.05, 3.63) is 17.0 Å². The molecule has 0 amide bonds. The van der Waals surface area contributed by atoms with Crippen LogP contribution in [0.2, 0.25) is 0 Å². The Labute approximate surface area is 122 Å². The molecule has 1 N–H and O–H groups in total. The van der Waals surface area contributed by atoms with Gasteiger partial charge in [0, 0.05) is 24.4 Å². The summed E-state index contributed by atoms with van der Waals surface area (Å²) in [6, 6.07) is 0. The molecule has 0 bridgehead atoms. The molecule has 4 heteroatoms. The van der Waals surface area contributed by atoms with Crippen LogP contribution >= 0.6 is 0 Å². The molecule has 2 rings (SSSR count). The van der Waals surface area contributed by atoms with Gasteiger partial charge in [0.2, 0.25) is 0 Å². The van der Waals surface area contributed by atoms with Gasteiger partial charge in [0.15, 0.2) is 0 Å². The highest BCUT2D eigenvalue weighted by Gasteiger charge is 2.22. The predicted molar refractivity (Wildman–Crippen MR) is 79.8 cm³/mol. The standard InChI is InChI=1S/C16H28N2O2/c1-4-13-16(15(19)6-3)14(5-2)18(17-13)10-9-12-8-7-11-20-12/h12,15,19H,4-11H2,1-3H3. The Morgan fingerprint density at radius 2 is 2.15 bits per heavy atom. The van der Waals surface area contributed by atoms with Gasteiger partial charge in [-0.3, -0.25) is 4.68 Å². The number of aromatic nitrogens is 2. The maximum Gasteiger partial charge on any atom is 0.0823 e. The number of aryl methyl sites for hydroxylation is 2. The van der Waals surface area contributed by atoms with E-state index in [0.717, 1.165) is 50.1 Å².